The van der Waals surface area contributed by atoms with Crippen molar-refractivity contribution in [2.75, 3.05) is 0 Å². The third-order valence-corrected chi connectivity index (χ3v) is 12.5. The van der Waals surface area contributed by atoms with E-state index >= 15 is 0 Å². The first-order valence-corrected chi connectivity index (χ1v) is 27.4. The van der Waals surface area contributed by atoms with Crippen LogP contribution in [0.3, 0.4) is 0 Å². The summed E-state index contributed by atoms with van der Waals surface area (Å²) in [4.78, 5) is 0. The van der Waals surface area contributed by atoms with E-state index in [2.05, 4.69) is 150 Å². The van der Waals surface area contributed by atoms with E-state index in [9.17, 15) is 0 Å². The Bertz CT molecular complexity index is 1960. The maximum absolute atomic E-state index is 2.47. The smallest absolute Gasteiger partial charge is 1.00 e. The molecule has 0 saturated heterocycles. The van der Waals surface area contributed by atoms with E-state index in [1.54, 1.807) is 34.5 Å². The van der Waals surface area contributed by atoms with Gasteiger partial charge in [0.25, 0.3) is 0 Å². The molecular formula is C52H64Cl2SiZr-2. The van der Waals surface area contributed by atoms with Crippen molar-refractivity contribution in [3.63, 3.8) is 0 Å². The van der Waals surface area contributed by atoms with Gasteiger partial charge in [-0.2, -0.15) is 12.1 Å². The summed E-state index contributed by atoms with van der Waals surface area (Å²) in [6, 6.07) is 41.5. The Morgan fingerprint density at radius 1 is 0.554 bits per heavy atom. The summed E-state index contributed by atoms with van der Waals surface area (Å²) in [5.74, 6) is 0. The first-order valence-electron chi connectivity index (χ1n) is 21.3. The zero-order chi connectivity index (χ0) is 38.1. The normalized spacial score (nSPS) is 14.9. The SMILES string of the molecule is CCCC1(Cc2cc3c(-c4ccc(CC)cc4)cccc3[cH-]2)CCC1.CCCC1(Cc2cc3c(-c4ccc(CC)cc4)cccc3[cH-]2)CCC1.C[Si](C)=[Zr+2].[Cl-].[Cl-]. The van der Waals surface area contributed by atoms with E-state index in [4.69, 9.17) is 0 Å². The minimum Gasteiger partial charge on any atom is -1.00 e. The van der Waals surface area contributed by atoms with Crippen LogP contribution in [0.5, 0.6) is 0 Å². The maximum Gasteiger partial charge on any atom is -1.00 e. The van der Waals surface area contributed by atoms with Crippen molar-refractivity contribution in [3.8, 4) is 22.3 Å². The molecule has 0 aromatic heterocycles. The Hall–Kier alpha value is -2.22. The van der Waals surface area contributed by atoms with Gasteiger partial charge in [0.2, 0.25) is 0 Å². The zero-order valence-corrected chi connectivity index (χ0v) is 40.0. The molecule has 2 aliphatic carbocycles. The molecule has 4 heteroatoms. The molecule has 0 nitrogen and oxygen atoms in total. The van der Waals surface area contributed by atoms with Crippen LogP contribution >= 0.6 is 0 Å². The molecular weight excluding hydrogens is 815 g/mol. The molecule has 2 fully saturated rings. The van der Waals surface area contributed by atoms with E-state index in [1.807, 2.05) is 0 Å². The summed E-state index contributed by atoms with van der Waals surface area (Å²) < 4.78 is 0. The van der Waals surface area contributed by atoms with Gasteiger partial charge >= 0.3 is 41.9 Å². The monoisotopic (exact) mass is 876 g/mol. The van der Waals surface area contributed by atoms with Crippen LogP contribution in [0.15, 0.2) is 109 Å². The molecule has 6 aromatic rings. The summed E-state index contributed by atoms with van der Waals surface area (Å²) in [5, 5.41) is 5.65. The fourth-order valence-corrected chi connectivity index (χ4v) is 9.45. The van der Waals surface area contributed by atoms with Crippen LogP contribution in [-0.4, -0.2) is 5.43 Å². The Kier molecular flexibility index (Phi) is 18.0. The topological polar surface area (TPSA) is 0 Å². The van der Waals surface area contributed by atoms with E-state index in [1.165, 1.54) is 132 Å². The molecule has 0 unspecified atom stereocenters. The average Bonchev–Trinajstić information content (AvgIpc) is 3.76. The van der Waals surface area contributed by atoms with Gasteiger partial charge in [0.05, 0.1) is 0 Å². The van der Waals surface area contributed by atoms with Crippen molar-refractivity contribution in [2.24, 2.45) is 10.8 Å². The van der Waals surface area contributed by atoms with Crippen LogP contribution in [0.4, 0.5) is 0 Å². The second kappa shape index (κ2) is 21.7. The second-order valence-electron chi connectivity index (χ2n) is 17.0. The van der Waals surface area contributed by atoms with Gasteiger partial charge in [-0.05, 0) is 97.3 Å². The third-order valence-electron chi connectivity index (χ3n) is 12.5. The summed E-state index contributed by atoms with van der Waals surface area (Å²) in [6.07, 6.45) is 18.7. The number of fused-ring (bicyclic) bond motifs is 2. The summed E-state index contributed by atoms with van der Waals surface area (Å²) in [5.41, 5.74) is 12.7. The quantitative estimate of drug-likeness (QED) is 0.0850. The number of benzene rings is 4. The molecule has 0 spiro atoms. The second-order valence-corrected chi connectivity index (χ2v) is 26.4. The summed E-state index contributed by atoms with van der Waals surface area (Å²) >= 11 is 1.74. The molecule has 0 heterocycles. The number of halogens is 2. The molecule has 56 heavy (non-hydrogen) atoms. The van der Waals surface area contributed by atoms with Crippen LogP contribution < -0.4 is 24.8 Å². The van der Waals surface area contributed by atoms with Crippen molar-refractivity contribution < 1.29 is 48.1 Å². The van der Waals surface area contributed by atoms with Gasteiger partial charge in [-0.3, -0.25) is 0 Å². The van der Waals surface area contributed by atoms with Crippen molar-refractivity contribution in [1.29, 1.82) is 0 Å². The largest absolute Gasteiger partial charge is 1.00 e. The molecule has 0 bridgehead atoms. The van der Waals surface area contributed by atoms with E-state index in [-0.39, 0.29) is 30.2 Å². The number of hydrogen-bond donors (Lipinski definition) is 0. The first-order chi connectivity index (χ1) is 26.2. The number of hydrogen-bond acceptors (Lipinski definition) is 0. The van der Waals surface area contributed by atoms with Crippen LogP contribution in [0.2, 0.25) is 13.1 Å². The Morgan fingerprint density at radius 3 is 1.20 bits per heavy atom. The molecule has 6 aromatic carbocycles. The van der Waals surface area contributed by atoms with E-state index < -0.39 is 0 Å². The van der Waals surface area contributed by atoms with Crippen LogP contribution in [0.1, 0.15) is 114 Å². The number of aryl methyl sites for hydroxylation is 2. The van der Waals surface area contributed by atoms with Crippen molar-refractivity contribution in [1.82, 2.24) is 0 Å². The molecule has 0 radical (unpaired) electrons. The van der Waals surface area contributed by atoms with Crippen LogP contribution in [0, 0.1) is 10.8 Å². The van der Waals surface area contributed by atoms with Gasteiger partial charge in [-0.25, -0.2) is 0 Å². The number of rotatable bonds is 12. The van der Waals surface area contributed by atoms with Crippen molar-refractivity contribution in [2.45, 2.75) is 131 Å². The van der Waals surface area contributed by atoms with E-state index in [0.29, 0.717) is 10.8 Å². The molecule has 0 aliphatic heterocycles. The predicted molar refractivity (Wildman–Crippen MR) is 236 cm³/mol. The van der Waals surface area contributed by atoms with Gasteiger partial charge in [-0.15, -0.1) is 69.1 Å². The molecule has 0 atom stereocenters. The molecule has 8 rings (SSSR count). The van der Waals surface area contributed by atoms with Crippen molar-refractivity contribution >= 4 is 27.0 Å². The molecule has 296 valence electrons. The average molecular weight is 879 g/mol. The van der Waals surface area contributed by atoms with Gasteiger partial charge in [0.15, 0.2) is 0 Å². The minimum atomic E-state index is 0. The fourth-order valence-electron chi connectivity index (χ4n) is 9.45. The fraction of sp³-hybridized carbons (Fsp3) is 0.423. The standard InChI is InChI=1S/2C25H29.C2H6Si.2ClH.Zr/c2*1-3-13-25(14-6-15-25)18-20-16-22-7-5-8-23(24(22)17-20)21-11-9-19(4-2)10-12-21;1-3-2;;;/h2*5,7-12,16-17H,3-4,6,13-15,18H2,1-2H3;1-2H3;2*1H;/q2*-1;;;;+2/p-2. The first kappa shape index (κ1) is 46.5. The minimum absolute atomic E-state index is 0. The molecule has 2 saturated carbocycles. The Morgan fingerprint density at radius 2 is 0.911 bits per heavy atom. The predicted octanol–water partition coefficient (Wildman–Crippen LogP) is 9.39. The van der Waals surface area contributed by atoms with Crippen LogP contribution in [0.25, 0.3) is 43.8 Å². The van der Waals surface area contributed by atoms with Crippen LogP contribution in [-0.2, 0) is 49.0 Å². The van der Waals surface area contributed by atoms with Gasteiger partial charge < -0.3 is 24.8 Å². The molecule has 0 N–H and O–H groups in total. The Balaban J connectivity index is 0.000000220. The van der Waals surface area contributed by atoms with Gasteiger partial charge in [-0.1, -0.05) is 125 Å². The summed E-state index contributed by atoms with van der Waals surface area (Å²) in [6.45, 7) is 13.7. The zero-order valence-electron chi connectivity index (χ0n) is 35.0. The van der Waals surface area contributed by atoms with Crippen molar-refractivity contribution in [3.05, 3.63) is 131 Å². The molecule has 0 amide bonds. The molecule has 2 aliphatic rings. The third kappa shape index (κ3) is 11.5. The Labute approximate surface area is 367 Å². The summed E-state index contributed by atoms with van der Waals surface area (Å²) in [7, 11) is 0. The van der Waals surface area contributed by atoms with E-state index in [0.717, 1.165) is 12.8 Å². The van der Waals surface area contributed by atoms with Gasteiger partial charge in [0.1, 0.15) is 0 Å². The van der Waals surface area contributed by atoms with Gasteiger partial charge in [0, 0.05) is 0 Å². The maximum atomic E-state index is 2.47.